The molecule has 1 rings (SSSR count). The molecule has 0 spiro atoms. The lowest BCUT2D eigenvalue weighted by atomic mass is 10.2. The van der Waals surface area contributed by atoms with Gasteiger partial charge in [-0.05, 0) is 24.2 Å². The van der Waals surface area contributed by atoms with E-state index >= 15 is 0 Å². The first-order valence-electron chi connectivity index (χ1n) is 5.96. The van der Waals surface area contributed by atoms with Crippen LogP contribution in [0.5, 0.6) is 5.75 Å². The van der Waals surface area contributed by atoms with Crippen molar-refractivity contribution in [2.45, 2.75) is 19.6 Å². The Kier molecular flexibility index (Phi) is 6.64. The molecule has 1 unspecified atom stereocenters. The van der Waals surface area contributed by atoms with Gasteiger partial charge < -0.3 is 19.9 Å². The first-order valence-corrected chi connectivity index (χ1v) is 5.96. The molecule has 0 fully saturated rings. The highest BCUT2D eigenvalue weighted by molar-refractivity contribution is 5.29. The minimum Gasteiger partial charge on any atom is -0.488 e. The summed E-state index contributed by atoms with van der Waals surface area (Å²) in [6.07, 6.45) is -0.754. The van der Waals surface area contributed by atoms with Crippen molar-refractivity contribution in [2.75, 3.05) is 26.9 Å². The minimum atomic E-state index is -0.754. The monoisotopic (exact) mass is 257 g/mol. The fraction of sp³-hybridized carbons (Fsp3) is 0.538. The van der Waals surface area contributed by atoms with Gasteiger partial charge in [0.15, 0.2) is 11.6 Å². The zero-order chi connectivity index (χ0) is 13.4. The van der Waals surface area contributed by atoms with Crippen molar-refractivity contribution in [1.29, 1.82) is 0 Å². The number of rotatable bonds is 8. The van der Waals surface area contributed by atoms with Crippen molar-refractivity contribution in [2.24, 2.45) is 0 Å². The van der Waals surface area contributed by atoms with Crippen molar-refractivity contribution >= 4 is 0 Å². The van der Waals surface area contributed by atoms with Crippen LogP contribution in [0, 0.1) is 5.82 Å². The Morgan fingerprint density at radius 2 is 2.17 bits per heavy atom. The first kappa shape index (κ1) is 14.9. The Labute approximate surface area is 107 Å². The standard InChI is InChI=1S/C13H20FNO3/c1-3-15-7-10-4-5-13(12(14)6-10)18-9-11(16)8-17-2/h4-6,11,15-16H,3,7-9H2,1-2H3. The molecular weight excluding hydrogens is 237 g/mol. The van der Waals surface area contributed by atoms with Gasteiger partial charge in [-0.15, -0.1) is 0 Å². The molecule has 0 aliphatic heterocycles. The topological polar surface area (TPSA) is 50.7 Å². The molecule has 0 aliphatic carbocycles. The third-order valence-corrected chi connectivity index (χ3v) is 2.37. The summed E-state index contributed by atoms with van der Waals surface area (Å²) in [5, 5.41) is 12.5. The molecule has 0 aliphatic rings. The quantitative estimate of drug-likeness (QED) is 0.737. The van der Waals surface area contributed by atoms with Crippen molar-refractivity contribution in [3.8, 4) is 5.75 Å². The van der Waals surface area contributed by atoms with Crippen LogP contribution in [0.1, 0.15) is 12.5 Å². The lowest BCUT2D eigenvalue weighted by Gasteiger charge is -2.12. The summed E-state index contributed by atoms with van der Waals surface area (Å²) in [6.45, 7) is 3.63. The summed E-state index contributed by atoms with van der Waals surface area (Å²) in [4.78, 5) is 0. The lowest BCUT2D eigenvalue weighted by molar-refractivity contribution is 0.0316. The molecule has 5 heteroatoms. The smallest absolute Gasteiger partial charge is 0.165 e. The Morgan fingerprint density at radius 3 is 2.78 bits per heavy atom. The predicted octanol–water partition coefficient (Wildman–Crippen LogP) is 1.32. The van der Waals surface area contributed by atoms with E-state index < -0.39 is 11.9 Å². The highest BCUT2D eigenvalue weighted by Gasteiger charge is 2.08. The number of hydrogen-bond donors (Lipinski definition) is 2. The second-order valence-electron chi connectivity index (χ2n) is 3.97. The van der Waals surface area contributed by atoms with E-state index in [9.17, 15) is 9.50 Å². The van der Waals surface area contributed by atoms with Gasteiger partial charge in [0.05, 0.1) is 6.61 Å². The van der Waals surface area contributed by atoms with Gasteiger partial charge in [0.25, 0.3) is 0 Å². The van der Waals surface area contributed by atoms with E-state index in [1.54, 1.807) is 12.1 Å². The van der Waals surface area contributed by atoms with Gasteiger partial charge >= 0.3 is 0 Å². The average Bonchev–Trinajstić information content (AvgIpc) is 2.35. The van der Waals surface area contributed by atoms with Gasteiger partial charge in [-0.1, -0.05) is 13.0 Å². The van der Waals surface area contributed by atoms with Crippen LogP contribution in [0.3, 0.4) is 0 Å². The number of nitrogens with one attached hydrogen (secondary N) is 1. The maximum atomic E-state index is 13.6. The summed E-state index contributed by atoms with van der Waals surface area (Å²) in [5.41, 5.74) is 0.860. The second kappa shape index (κ2) is 8.02. The normalized spacial score (nSPS) is 12.4. The fourth-order valence-corrected chi connectivity index (χ4v) is 1.47. The van der Waals surface area contributed by atoms with Crippen LogP contribution < -0.4 is 10.1 Å². The largest absolute Gasteiger partial charge is 0.488 e. The molecule has 102 valence electrons. The Balaban J connectivity index is 2.51. The maximum absolute atomic E-state index is 13.6. The minimum absolute atomic E-state index is 0.0112. The van der Waals surface area contributed by atoms with Crippen LogP contribution in [0.25, 0.3) is 0 Å². The van der Waals surface area contributed by atoms with E-state index in [0.717, 1.165) is 12.1 Å². The third kappa shape index (κ3) is 5.00. The Bertz CT molecular complexity index is 360. The number of aliphatic hydroxyl groups excluding tert-OH is 1. The van der Waals surface area contributed by atoms with Crippen molar-refractivity contribution < 1.29 is 19.0 Å². The molecule has 0 heterocycles. The zero-order valence-electron chi connectivity index (χ0n) is 10.8. The van der Waals surface area contributed by atoms with Crippen LogP contribution in [-0.4, -0.2) is 38.1 Å². The van der Waals surface area contributed by atoms with Crippen molar-refractivity contribution in [3.05, 3.63) is 29.6 Å². The average molecular weight is 257 g/mol. The van der Waals surface area contributed by atoms with Crippen LogP contribution in [0.2, 0.25) is 0 Å². The third-order valence-electron chi connectivity index (χ3n) is 2.37. The molecule has 1 aromatic rings. The predicted molar refractivity (Wildman–Crippen MR) is 67.2 cm³/mol. The molecule has 0 bridgehead atoms. The zero-order valence-corrected chi connectivity index (χ0v) is 10.8. The number of ether oxygens (including phenoxy) is 2. The molecule has 2 N–H and O–H groups in total. The molecule has 18 heavy (non-hydrogen) atoms. The van der Waals surface area contributed by atoms with Gasteiger partial charge in [-0.25, -0.2) is 4.39 Å². The van der Waals surface area contributed by atoms with Gasteiger partial charge in [0.2, 0.25) is 0 Å². The molecule has 4 nitrogen and oxygen atoms in total. The van der Waals surface area contributed by atoms with Gasteiger partial charge in [0, 0.05) is 13.7 Å². The molecule has 0 radical (unpaired) electrons. The Morgan fingerprint density at radius 1 is 1.39 bits per heavy atom. The van der Waals surface area contributed by atoms with E-state index in [-0.39, 0.29) is 19.0 Å². The molecule has 0 aromatic heterocycles. The van der Waals surface area contributed by atoms with E-state index in [1.165, 1.54) is 13.2 Å². The van der Waals surface area contributed by atoms with Crippen molar-refractivity contribution in [1.82, 2.24) is 5.32 Å². The summed E-state index contributed by atoms with van der Waals surface area (Å²) in [6, 6.07) is 4.80. The lowest BCUT2D eigenvalue weighted by Crippen LogP contribution is -2.22. The van der Waals surface area contributed by atoms with Crippen molar-refractivity contribution in [3.63, 3.8) is 0 Å². The summed E-state index contributed by atoms with van der Waals surface area (Å²) < 4.78 is 23.6. The molecule has 0 amide bonds. The first-order chi connectivity index (χ1) is 8.67. The maximum Gasteiger partial charge on any atom is 0.165 e. The van der Waals surface area contributed by atoms with Crippen LogP contribution in [0.4, 0.5) is 4.39 Å². The number of hydrogen-bond acceptors (Lipinski definition) is 4. The second-order valence-corrected chi connectivity index (χ2v) is 3.97. The molecule has 0 saturated heterocycles. The highest BCUT2D eigenvalue weighted by Crippen LogP contribution is 2.18. The van der Waals surface area contributed by atoms with Gasteiger partial charge in [-0.3, -0.25) is 0 Å². The number of aliphatic hydroxyl groups is 1. The molecular formula is C13H20FNO3. The van der Waals surface area contributed by atoms with Crippen LogP contribution >= 0.6 is 0 Å². The van der Waals surface area contributed by atoms with E-state index in [4.69, 9.17) is 9.47 Å². The van der Waals surface area contributed by atoms with Gasteiger partial charge in [0.1, 0.15) is 12.7 Å². The SMILES string of the molecule is CCNCc1ccc(OCC(O)COC)c(F)c1. The van der Waals surface area contributed by atoms with E-state index in [1.807, 2.05) is 6.92 Å². The van der Waals surface area contributed by atoms with Gasteiger partial charge in [-0.2, -0.15) is 0 Å². The number of benzene rings is 1. The Hall–Kier alpha value is -1.17. The number of halogens is 1. The highest BCUT2D eigenvalue weighted by atomic mass is 19.1. The van der Waals surface area contributed by atoms with E-state index in [2.05, 4.69) is 5.32 Å². The molecule has 0 saturated carbocycles. The molecule has 1 atom stereocenters. The molecule has 1 aromatic carbocycles. The van der Waals surface area contributed by atoms with Crippen LogP contribution in [0.15, 0.2) is 18.2 Å². The number of methoxy groups -OCH3 is 1. The summed E-state index contributed by atoms with van der Waals surface area (Å²) in [7, 11) is 1.49. The van der Waals surface area contributed by atoms with Crippen LogP contribution in [-0.2, 0) is 11.3 Å². The summed E-state index contributed by atoms with van der Waals surface area (Å²) in [5.74, 6) is -0.277. The summed E-state index contributed by atoms with van der Waals surface area (Å²) >= 11 is 0. The van der Waals surface area contributed by atoms with E-state index in [0.29, 0.717) is 6.54 Å². The fourth-order valence-electron chi connectivity index (χ4n) is 1.47.